The topological polar surface area (TPSA) is 49.4 Å². The number of carbonyl (C=O) groups excluding carboxylic acids is 2. The molecule has 2 amide bonds. The predicted molar refractivity (Wildman–Crippen MR) is 94.1 cm³/mol. The van der Waals surface area contributed by atoms with Crippen LogP contribution in [0.2, 0.25) is 0 Å². The number of rotatable bonds is 6. The Bertz CT molecular complexity index is 767. The number of carbonyl (C=O) groups is 2. The van der Waals surface area contributed by atoms with Crippen molar-refractivity contribution < 1.29 is 9.59 Å². The lowest BCUT2D eigenvalue weighted by atomic mass is 10.0. The van der Waals surface area contributed by atoms with E-state index in [1.54, 1.807) is 0 Å². The Morgan fingerprint density at radius 3 is 2.70 bits per heavy atom. The number of nitrogens with one attached hydrogen (secondary N) is 1. The second-order valence-corrected chi connectivity index (χ2v) is 5.97. The molecule has 0 aromatic heterocycles. The van der Waals surface area contributed by atoms with Gasteiger partial charge in [0.05, 0.1) is 5.69 Å². The van der Waals surface area contributed by atoms with Crippen molar-refractivity contribution in [3.8, 4) is 0 Å². The largest absolute Gasteiger partial charge is 0.326 e. The Kier molecular flexibility index (Phi) is 4.33. The van der Waals surface area contributed by atoms with E-state index in [0.717, 1.165) is 53.5 Å². The number of anilines is 2. The van der Waals surface area contributed by atoms with E-state index in [9.17, 15) is 9.59 Å². The lowest BCUT2D eigenvalue weighted by Gasteiger charge is -2.17. The van der Waals surface area contributed by atoms with Gasteiger partial charge in [-0.3, -0.25) is 9.59 Å². The van der Waals surface area contributed by atoms with Gasteiger partial charge in [0.15, 0.2) is 0 Å². The third-order valence-corrected chi connectivity index (χ3v) is 4.27. The van der Waals surface area contributed by atoms with Crippen molar-refractivity contribution in [1.29, 1.82) is 0 Å². The maximum Gasteiger partial charge on any atom is 0.258 e. The molecule has 120 valence electrons. The normalized spacial score (nSPS) is 13.0. The molecule has 0 fully saturated rings. The highest BCUT2D eigenvalue weighted by atomic mass is 16.2. The van der Waals surface area contributed by atoms with Crippen LogP contribution < -0.4 is 10.2 Å². The molecule has 0 bridgehead atoms. The van der Waals surface area contributed by atoms with Crippen molar-refractivity contribution in [3.63, 3.8) is 0 Å². The summed E-state index contributed by atoms with van der Waals surface area (Å²) in [6.07, 6.45) is 3.35. The standard InChI is InChI=1S/C19H22N2O2/c1-3-5-12-21-16-11-10-15(20-17(22)7-4-2)13-8-6-9-14(18(13)16)19(21)23/h6,8-11H,3-5,7,12H2,1-2H3,(H,20,22). The number of hydrogen-bond acceptors (Lipinski definition) is 2. The van der Waals surface area contributed by atoms with Crippen molar-refractivity contribution in [2.24, 2.45) is 0 Å². The Hall–Kier alpha value is -2.36. The fourth-order valence-corrected chi connectivity index (χ4v) is 3.13. The van der Waals surface area contributed by atoms with Crippen molar-refractivity contribution in [2.75, 3.05) is 16.8 Å². The van der Waals surface area contributed by atoms with E-state index in [-0.39, 0.29) is 11.8 Å². The highest BCUT2D eigenvalue weighted by molar-refractivity contribution is 6.27. The summed E-state index contributed by atoms with van der Waals surface area (Å²) in [5.74, 6) is 0.0800. The SMILES string of the molecule is CCCCN1C(=O)c2cccc3c(NC(=O)CCC)ccc1c23. The molecule has 1 N–H and O–H groups in total. The van der Waals surface area contributed by atoms with Crippen LogP contribution in [0.1, 0.15) is 49.9 Å². The fourth-order valence-electron chi connectivity index (χ4n) is 3.13. The van der Waals surface area contributed by atoms with Crippen LogP contribution in [-0.2, 0) is 4.79 Å². The first kappa shape index (κ1) is 15.5. The fraction of sp³-hybridized carbons (Fsp3) is 0.368. The van der Waals surface area contributed by atoms with Crippen LogP contribution in [0.25, 0.3) is 10.8 Å². The van der Waals surface area contributed by atoms with Gasteiger partial charge >= 0.3 is 0 Å². The second kappa shape index (κ2) is 6.41. The highest BCUT2D eigenvalue weighted by Crippen LogP contribution is 2.40. The first-order chi connectivity index (χ1) is 11.2. The van der Waals surface area contributed by atoms with Crippen LogP contribution in [0.15, 0.2) is 30.3 Å². The predicted octanol–water partition coefficient (Wildman–Crippen LogP) is 4.34. The average Bonchev–Trinajstić information content (AvgIpc) is 2.82. The quantitative estimate of drug-likeness (QED) is 0.863. The molecule has 2 aromatic rings. The summed E-state index contributed by atoms with van der Waals surface area (Å²) in [6.45, 7) is 4.84. The molecule has 2 aromatic carbocycles. The van der Waals surface area contributed by atoms with Gasteiger partial charge in [0, 0.05) is 35.0 Å². The molecular formula is C19H22N2O2. The Balaban J connectivity index is 2.05. The first-order valence-electron chi connectivity index (χ1n) is 8.34. The summed E-state index contributed by atoms with van der Waals surface area (Å²) in [5.41, 5.74) is 2.48. The molecule has 0 radical (unpaired) electrons. The van der Waals surface area contributed by atoms with E-state index in [0.29, 0.717) is 6.42 Å². The lowest BCUT2D eigenvalue weighted by molar-refractivity contribution is -0.116. The molecule has 0 aliphatic carbocycles. The molecule has 1 aliphatic rings. The van der Waals surface area contributed by atoms with Crippen molar-refractivity contribution in [2.45, 2.75) is 39.5 Å². The van der Waals surface area contributed by atoms with Gasteiger partial charge in [-0.2, -0.15) is 0 Å². The number of benzene rings is 2. The number of unbranched alkanes of at least 4 members (excludes halogenated alkanes) is 1. The number of amides is 2. The van der Waals surface area contributed by atoms with E-state index in [2.05, 4.69) is 12.2 Å². The Morgan fingerprint density at radius 2 is 1.96 bits per heavy atom. The summed E-state index contributed by atoms with van der Waals surface area (Å²) < 4.78 is 0. The van der Waals surface area contributed by atoms with Crippen LogP contribution in [0, 0.1) is 0 Å². The van der Waals surface area contributed by atoms with Crippen molar-refractivity contribution in [3.05, 3.63) is 35.9 Å². The van der Waals surface area contributed by atoms with Gasteiger partial charge in [-0.25, -0.2) is 0 Å². The van der Waals surface area contributed by atoms with Crippen molar-refractivity contribution in [1.82, 2.24) is 0 Å². The minimum atomic E-state index is 0.0142. The molecule has 1 aliphatic heterocycles. The molecule has 3 rings (SSSR count). The summed E-state index contributed by atoms with van der Waals surface area (Å²) in [4.78, 5) is 26.4. The molecule has 4 heteroatoms. The Morgan fingerprint density at radius 1 is 1.13 bits per heavy atom. The minimum Gasteiger partial charge on any atom is -0.326 e. The zero-order valence-corrected chi connectivity index (χ0v) is 13.7. The van der Waals surface area contributed by atoms with Crippen LogP contribution in [0.4, 0.5) is 11.4 Å². The van der Waals surface area contributed by atoms with Gasteiger partial charge in [0.25, 0.3) is 5.91 Å². The van der Waals surface area contributed by atoms with Gasteiger partial charge in [0.2, 0.25) is 5.91 Å². The molecule has 0 saturated heterocycles. The molecule has 0 saturated carbocycles. The lowest BCUT2D eigenvalue weighted by Crippen LogP contribution is -2.27. The van der Waals surface area contributed by atoms with E-state index in [1.807, 2.05) is 42.2 Å². The molecule has 0 spiro atoms. The highest BCUT2D eigenvalue weighted by Gasteiger charge is 2.29. The monoisotopic (exact) mass is 310 g/mol. The first-order valence-corrected chi connectivity index (χ1v) is 8.34. The average molecular weight is 310 g/mol. The second-order valence-electron chi connectivity index (χ2n) is 5.97. The molecular weight excluding hydrogens is 288 g/mol. The maximum absolute atomic E-state index is 12.7. The Labute approximate surface area is 136 Å². The van der Waals surface area contributed by atoms with E-state index in [1.165, 1.54) is 0 Å². The van der Waals surface area contributed by atoms with E-state index >= 15 is 0 Å². The third-order valence-electron chi connectivity index (χ3n) is 4.27. The molecule has 23 heavy (non-hydrogen) atoms. The van der Waals surface area contributed by atoms with Crippen LogP contribution in [-0.4, -0.2) is 18.4 Å². The zero-order chi connectivity index (χ0) is 16.4. The number of nitrogens with zero attached hydrogens (tertiary/aromatic N) is 1. The van der Waals surface area contributed by atoms with Crippen LogP contribution in [0.5, 0.6) is 0 Å². The van der Waals surface area contributed by atoms with E-state index in [4.69, 9.17) is 0 Å². The van der Waals surface area contributed by atoms with Crippen LogP contribution in [0.3, 0.4) is 0 Å². The van der Waals surface area contributed by atoms with Gasteiger partial charge in [0.1, 0.15) is 0 Å². The smallest absolute Gasteiger partial charge is 0.258 e. The number of hydrogen-bond donors (Lipinski definition) is 1. The summed E-state index contributed by atoms with van der Waals surface area (Å²) in [5, 5.41) is 4.87. The van der Waals surface area contributed by atoms with Gasteiger partial charge in [-0.05, 0) is 31.0 Å². The van der Waals surface area contributed by atoms with Crippen molar-refractivity contribution >= 4 is 34.0 Å². The summed E-state index contributed by atoms with van der Waals surface area (Å²) in [6, 6.07) is 9.59. The summed E-state index contributed by atoms with van der Waals surface area (Å²) >= 11 is 0. The van der Waals surface area contributed by atoms with E-state index < -0.39 is 0 Å². The van der Waals surface area contributed by atoms with Gasteiger partial charge in [-0.1, -0.05) is 32.4 Å². The molecule has 0 atom stereocenters. The van der Waals surface area contributed by atoms with Crippen LogP contribution >= 0.6 is 0 Å². The van der Waals surface area contributed by atoms with Gasteiger partial charge < -0.3 is 10.2 Å². The third kappa shape index (κ3) is 2.69. The minimum absolute atomic E-state index is 0.0142. The van der Waals surface area contributed by atoms with Gasteiger partial charge in [-0.15, -0.1) is 0 Å². The maximum atomic E-state index is 12.7. The summed E-state index contributed by atoms with van der Waals surface area (Å²) in [7, 11) is 0. The molecule has 4 nitrogen and oxygen atoms in total. The molecule has 0 unspecified atom stereocenters. The zero-order valence-electron chi connectivity index (χ0n) is 13.7. The molecule has 1 heterocycles.